The lowest BCUT2D eigenvalue weighted by Gasteiger charge is -2.10. The van der Waals surface area contributed by atoms with Gasteiger partial charge in [0, 0.05) is 17.7 Å². The molecule has 1 amide bonds. The minimum Gasteiger partial charge on any atom is -0.345 e. The van der Waals surface area contributed by atoms with Gasteiger partial charge in [-0.2, -0.15) is 5.10 Å². The van der Waals surface area contributed by atoms with Gasteiger partial charge in [-0.15, -0.1) is 0 Å². The first-order chi connectivity index (χ1) is 10.1. The Labute approximate surface area is 129 Å². The Bertz CT molecular complexity index is 779. The molecule has 0 aliphatic heterocycles. The van der Waals surface area contributed by atoms with Gasteiger partial charge < -0.3 is 9.88 Å². The number of para-hydroxylation sites is 2. The van der Waals surface area contributed by atoms with E-state index in [1.54, 1.807) is 21.6 Å². The lowest BCUT2D eigenvalue weighted by atomic mass is 10.2. The van der Waals surface area contributed by atoms with E-state index in [9.17, 15) is 4.79 Å². The van der Waals surface area contributed by atoms with Crippen molar-refractivity contribution >= 4 is 27.5 Å². The summed E-state index contributed by atoms with van der Waals surface area (Å²) >= 11 is 3.36. The molecule has 3 rings (SSSR count). The standard InChI is InChI=1S/C14H12BrN5O/c1-19-7-10(15)6-13(19)14(21)18-11-4-2-3-5-12(11)20-9-16-8-17-20/h2-9H,1H3,(H,18,21). The van der Waals surface area contributed by atoms with Crippen molar-refractivity contribution in [2.24, 2.45) is 7.05 Å². The monoisotopic (exact) mass is 345 g/mol. The second-order valence-corrected chi connectivity index (χ2v) is 5.38. The molecule has 0 atom stereocenters. The molecule has 0 aliphatic rings. The summed E-state index contributed by atoms with van der Waals surface area (Å²) in [5.41, 5.74) is 2.00. The molecule has 0 fully saturated rings. The molecule has 2 aromatic heterocycles. The van der Waals surface area contributed by atoms with Gasteiger partial charge in [0.25, 0.3) is 5.91 Å². The number of aromatic nitrogens is 4. The van der Waals surface area contributed by atoms with E-state index in [4.69, 9.17) is 0 Å². The number of amides is 1. The number of aryl methyl sites for hydroxylation is 1. The molecule has 1 N–H and O–H groups in total. The van der Waals surface area contributed by atoms with Crippen molar-refractivity contribution in [2.75, 3.05) is 5.32 Å². The highest BCUT2D eigenvalue weighted by atomic mass is 79.9. The van der Waals surface area contributed by atoms with Crippen LogP contribution in [0.1, 0.15) is 10.5 Å². The molecule has 0 saturated heterocycles. The van der Waals surface area contributed by atoms with Gasteiger partial charge in [-0.1, -0.05) is 12.1 Å². The van der Waals surface area contributed by atoms with E-state index in [2.05, 4.69) is 31.3 Å². The Balaban J connectivity index is 1.92. The molecule has 3 aromatic rings. The summed E-state index contributed by atoms with van der Waals surface area (Å²) in [7, 11) is 1.82. The van der Waals surface area contributed by atoms with Crippen LogP contribution in [0.25, 0.3) is 5.69 Å². The molecule has 21 heavy (non-hydrogen) atoms. The van der Waals surface area contributed by atoms with Gasteiger partial charge in [-0.3, -0.25) is 4.79 Å². The van der Waals surface area contributed by atoms with Gasteiger partial charge in [0.15, 0.2) is 0 Å². The van der Waals surface area contributed by atoms with E-state index in [-0.39, 0.29) is 5.91 Å². The van der Waals surface area contributed by atoms with Crippen molar-refractivity contribution in [3.8, 4) is 5.69 Å². The van der Waals surface area contributed by atoms with Gasteiger partial charge in [0.1, 0.15) is 18.3 Å². The summed E-state index contributed by atoms with van der Waals surface area (Å²) in [5.74, 6) is -0.184. The molecule has 106 valence electrons. The van der Waals surface area contributed by atoms with Crippen molar-refractivity contribution in [3.63, 3.8) is 0 Å². The fraction of sp³-hybridized carbons (Fsp3) is 0.0714. The van der Waals surface area contributed by atoms with Gasteiger partial charge >= 0.3 is 0 Å². The zero-order valence-electron chi connectivity index (χ0n) is 11.2. The van der Waals surface area contributed by atoms with Crippen LogP contribution in [0, 0.1) is 0 Å². The highest BCUT2D eigenvalue weighted by Crippen LogP contribution is 2.20. The van der Waals surface area contributed by atoms with Crippen LogP contribution in [-0.2, 0) is 7.05 Å². The van der Waals surface area contributed by atoms with Gasteiger partial charge in [-0.25, -0.2) is 9.67 Å². The average Bonchev–Trinajstić information content (AvgIpc) is 3.09. The first-order valence-corrected chi connectivity index (χ1v) is 7.01. The van der Waals surface area contributed by atoms with Gasteiger partial charge in [0.2, 0.25) is 0 Å². The second-order valence-electron chi connectivity index (χ2n) is 4.47. The zero-order valence-corrected chi connectivity index (χ0v) is 12.8. The molecule has 2 heterocycles. The van der Waals surface area contributed by atoms with Crippen LogP contribution in [0.15, 0.2) is 53.7 Å². The Hall–Kier alpha value is -2.41. The van der Waals surface area contributed by atoms with Gasteiger partial charge in [-0.05, 0) is 34.1 Å². The molecule has 0 aliphatic carbocycles. The number of carbonyl (C=O) groups is 1. The van der Waals surface area contributed by atoms with Crippen LogP contribution in [-0.4, -0.2) is 25.2 Å². The van der Waals surface area contributed by atoms with E-state index < -0.39 is 0 Å². The number of anilines is 1. The molecular weight excluding hydrogens is 334 g/mol. The van der Waals surface area contributed by atoms with Crippen molar-refractivity contribution in [1.82, 2.24) is 19.3 Å². The topological polar surface area (TPSA) is 64.7 Å². The number of nitrogens with zero attached hydrogens (tertiary/aromatic N) is 4. The number of nitrogens with one attached hydrogen (secondary N) is 1. The molecule has 1 aromatic carbocycles. The Morgan fingerprint density at radius 3 is 2.81 bits per heavy atom. The number of hydrogen-bond acceptors (Lipinski definition) is 3. The van der Waals surface area contributed by atoms with Crippen molar-refractivity contribution in [2.45, 2.75) is 0 Å². The molecule has 0 spiro atoms. The molecule has 0 unspecified atom stereocenters. The summed E-state index contributed by atoms with van der Waals surface area (Å²) in [6.45, 7) is 0. The van der Waals surface area contributed by atoms with Crippen molar-refractivity contribution in [1.29, 1.82) is 0 Å². The molecule has 6 nitrogen and oxygen atoms in total. The van der Waals surface area contributed by atoms with Crippen molar-refractivity contribution < 1.29 is 4.79 Å². The van der Waals surface area contributed by atoms with Crippen LogP contribution < -0.4 is 5.32 Å². The van der Waals surface area contributed by atoms with E-state index in [0.717, 1.165) is 10.2 Å². The SMILES string of the molecule is Cn1cc(Br)cc1C(=O)Nc1ccccc1-n1cncn1. The summed E-state index contributed by atoms with van der Waals surface area (Å²) in [5, 5.41) is 6.99. The Kier molecular flexibility index (Phi) is 3.57. The third-order valence-electron chi connectivity index (χ3n) is 3.02. The van der Waals surface area contributed by atoms with Crippen LogP contribution >= 0.6 is 15.9 Å². The fourth-order valence-corrected chi connectivity index (χ4v) is 2.57. The van der Waals surface area contributed by atoms with E-state index in [0.29, 0.717) is 11.4 Å². The summed E-state index contributed by atoms with van der Waals surface area (Å²) < 4.78 is 4.23. The maximum atomic E-state index is 12.4. The quantitative estimate of drug-likeness (QED) is 0.793. The first-order valence-electron chi connectivity index (χ1n) is 6.22. The lowest BCUT2D eigenvalue weighted by molar-refractivity contribution is 0.101. The third-order valence-corrected chi connectivity index (χ3v) is 3.46. The van der Waals surface area contributed by atoms with Crippen LogP contribution in [0.5, 0.6) is 0 Å². The Morgan fingerprint density at radius 1 is 1.33 bits per heavy atom. The van der Waals surface area contributed by atoms with E-state index in [1.165, 1.54) is 6.33 Å². The second kappa shape index (κ2) is 5.53. The molecule has 0 bridgehead atoms. The lowest BCUT2D eigenvalue weighted by Crippen LogP contribution is -2.16. The number of halogens is 1. The maximum absolute atomic E-state index is 12.4. The summed E-state index contributed by atoms with van der Waals surface area (Å²) in [6.07, 6.45) is 4.87. The first kappa shape index (κ1) is 13.6. The highest BCUT2D eigenvalue weighted by molar-refractivity contribution is 9.10. The summed E-state index contributed by atoms with van der Waals surface area (Å²) in [6, 6.07) is 9.20. The van der Waals surface area contributed by atoms with Crippen LogP contribution in [0.3, 0.4) is 0 Å². The minimum atomic E-state index is -0.184. The predicted molar refractivity (Wildman–Crippen MR) is 82.4 cm³/mol. The number of hydrogen-bond donors (Lipinski definition) is 1. The maximum Gasteiger partial charge on any atom is 0.272 e. The average molecular weight is 346 g/mol. The van der Waals surface area contributed by atoms with E-state index >= 15 is 0 Å². The Morgan fingerprint density at radius 2 is 2.14 bits per heavy atom. The van der Waals surface area contributed by atoms with Crippen LogP contribution in [0.2, 0.25) is 0 Å². The third kappa shape index (κ3) is 2.73. The molecule has 7 heteroatoms. The zero-order chi connectivity index (χ0) is 14.8. The molecule has 0 radical (unpaired) electrons. The highest BCUT2D eigenvalue weighted by Gasteiger charge is 2.13. The number of carbonyl (C=O) groups excluding carboxylic acids is 1. The van der Waals surface area contributed by atoms with E-state index in [1.807, 2.05) is 37.5 Å². The summed E-state index contributed by atoms with van der Waals surface area (Å²) in [4.78, 5) is 16.3. The van der Waals surface area contributed by atoms with Crippen LogP contribution in [0.4, 0.5) is 5.69 Å². The normalized spacial score (nSPS) is 10.6. The fourth-order valence-electron chi connectivity index (χ4n) is 2.05. The number of rotatable bonds is 3. The van der Waals surface area contributed by atoms with Gasteiger partial charge in [0.05, 0.1) is 11.4 Å². The molecular formula is C14H12BrN5O. The smallest absolute Gasteiger partial charge is 0.272 e. The molecule has 0 saturated carbocycles. The van der Waals surface area contributed by atoms with Crippen molar-refractivity contribution in [3.05, 3.63) is 59.3 Å². The number of benzene rings is 1. The minimum absolute atomic E-state index is 0.184. The predicted octanol–water partition coefficient (Wildman–Crippen LogP) is 2.62. The largest absolute Gasteiger partial charge is 0.345 e.